The van der Waals surface area contributed by atoms with Crippen molar-refractivity contribution in [3.8, 4) is 11.5 Å². The summed E-state index contributed by atoms with van der Waals surface area (Å²) in [6, 6.07) is 6.56. The third-order valence-corrected chi connectivity index (χ3v) is 5.62. The minimum absolute atomic E-state index is 0.316. The van der Waals surface area contributed by atoms with Crippen molar-refractivity contribution in [1.82, 2.24) is 4.98 Å². The first-order valence-corrected chi connectivity index (χ1v) is 13.8. The van der Waals surface area contributed by atoms with Crippen LogP contribution in [0, 0.1) is 17.3 Å². The van der Waals surface area contributed by atoms with E-state index < -0.39 is 21.0 Å². The van der Waals surface area contributed by atoms with Crippen LogP contribution in [-0.2, 0) is 4.57 Å². The Morgan fingerprint density at radius 3 is 2.46 bits per heavy atom. The molecular weight excluding hydrogens is 338 g/mol. The molecule has 0 saturated heterocycles. The van der Waals surface area contributed by atoms with Crippen molar-refractivity contribution in [2.45, 2.75) is 19.6 Å². The van der Waals surface area contributed by atoms with Gasteiger partial charge in [-0.15, -0.1) is 5.54 Å². The van der Waals surface area contributed by atoms with Crippen LogP contribution in [0.4, 0.5) is 15.8 Å². The predicted octanol–water partition coefficient (Wildman–Crippen LogP) is 4.44. The number of nitrogens with zero attached hydrogens (tertiary/aromatic N) is 1. The van der Waals surface area contributed by atoms with Gasteiger partial charge in [0.05, 0.1) is 17.6 Å². The normalized spacial score (nSPS) is 11.6. The average molecular weight is 360 g/mol. The first kappa shape index (κ1) is 18.4. The Morgan fingerprint density at radius 2 is 1.88 bits per heavy atom. The summed E-state index contributed by atoms with van der Waals surface area (Å²) in [5, 5.41) is 3.65. The lowest BCUT2D eigenvalue weighted by atomic mass is 10.2. The molecule has 0 spiro atoms. The second kappa shape index (κ2) is 6.92. The Morgan fingerprint density at radius 1 is 1.17 bits per heavy atom. The Kier molecular flexibility index (Phi) is 5.32. The third kappa shape index (κ3) is 5.05. The van der Waals surface area contributed by atoms with Crippen molar-refractivity contribution in [3.63, 3.8) is 0 Å². The van der Waals surface area contributed by atoms with Gasteiger partial charge in [0.1, 0.15) is 21.0 Å². The molecule has 0 radical (unpaired) electrons. The Labute approximate surface area is 144 Å². The first-order chi connectivity index (χ1) is 11.1. The van der Waals surface area contributed by atoms with Crippen LogP contribution in [0.25, 0.3) is 0 Å². The van der Waals surface area contributed by atoms with Crippen LogP contribution in [0.2, 0.25) is 19.6 Å². The van der Waals surface area contributed by atoms with Crippen LogP contribution in [0.3, 0.4) is 0 Å². The number of hydrogen-bond acceptors (Lipinski definition) is 3. The van der Waals surface area contributed by atoms with Crippen molar-refractivity contribution in [3.05, 3.63) is 48.0 Å². The molecule has 0 fully saturated rings. The SMILES string of the molecule is C[Si](C)(C)C#Cc1ccc(Nc2cnccc2P(C)(C)=O)c(F)c1. The second-order valence-corrected chi connectivity index (χ2v) is 15.0. The van der Waals surface area contributed by atoms with E-state index in [-0.39, 0.29) is 0 Å². The van der Waals surface area contributed by atoms with Gasteiger partial charge in [-0.2, -0.15) is 0 Å². The zero-order valence-corrected chi connectivity index (χ0v) is 16.5. The molecule has 1 heterocycles. The molecule has 0 amide bonds. The van der Waals surface area contributed by atoms with Crippen LogP contribution in [0.1, 0.15) is 5.56 Å². The summed E-state index contributed by atoms with van der Waals surface area (Å²) < 4.78 is 26.7. The maximum Gasteiger partial charge on any atom is 0.147 e. The molecule has 1 N–H and O–H groups in total. The Bertz CT molecular complexity index is 859. The van der Waals surface area contributed by atoms with E-state index in [1.165, 1.54) is 6.07 Å². The Balaban J connectivity index is 2.33. The summed E-state index contributed by atoms with van der Waals surface area (Å²) in [7, 11) is -3.99. The van der Waals surface area contributed by atoms with E-state index in [0.717, 1.165) is 0 Å². The molecule has 0 aliphatic carbocycles. The zero-order valence-electron chi connectivity index (χ0n) is 14.6. The van der Waals surface area contributed by atoms with Crippen LogP contribution < -0.4 is 10.6 Å². The van der Waals surface area contributed by atoms with Gasteiger partial charge in [0.25, 0.3) is 0 Å². The lowest BCUT2D eigenvalue weighted by Crippen LogP contribution is -2.16. The lowest BCUT2D eigenvalue weighted by Gasteiger charge is -2.15. The highest BCUT2D eigenvalue weighted by molar-refractivity contribution is 7.70. The number of aromatic nitrogens is 1. The number of anilines is 2. The summed E-state index contributed by atoms with van der Waals surface area (Å²) in [5.74, 6) is 2.64. The van der Waals surface area contributed by atoms with Gasteiger partial charge in [0.2, 0.25) is 0 Å². The van der Waals surface area contributed by atoms with Crippen LogP contribution in [0.15, 0.2) is 36.7 Å². The molecule has 0 saturated carbocycles. The fraction of sp³-hybridized carbons (Fsp3) is 0.278. The van der Waals surface area contributed by atoms with Crippen molar-refractivity contribution in [2.24, 2.45) is 0 Å². The highest BCUT2D eigenvalue weighted by Crippen LogP contribution is 2.38. The molecule has 0 bridgehead atoms. The van der Waals surface area contributed by atoms with Crippen LogP contribution in [0.5, 0.6) is 0 Å². The minimum atomic E-state index is -2.49. The van der Waals surface area contributed by atoms with Gasteiger partial charge < -0.3 is 9.88 Å². The van der Waals surface area contributed by atoms with E-state index in [1.54, 1.807) is 43.9 Å². The van der Waals surface area contributed by atoms with Gasteiger partial charge in [-0.25, -0.2) is 4.39 Å². The molecular formula is C18H22FN2OPSi. The standard InChI is InChI=1S/C18H22FN2OPSi/c1-23(2,22)18-8-10-20-13-17(18)21-16-7-6-14(12-15(16)19)9-11-24(3,4)5/h6-8,10,12-13,21H,1-5H3. The summed E-state index contributed by atoms with van der Waals surface area (Å²) in [6.45, 7) is 9.79. The monoisotopic (exact) mass is 360 g/mol. The zero-order chi connectivity index (χ0) is 18.0. The number of pyridine rings is 1. The molecule has 3 nitrogen and oxygen atoms in total. The molecule has 2 rings (SSSR count). The smallest absolute Gasteiger partial charge is 0.147 e. The third-order valence-electron chi connectivity index (χ3n) is 3.20. The maximum absolute atomic E-state index is 14.4. The number of benzene rings is 1. The van der Waals surface area contributed by atoms with Crippen molar-refractivity contribution >= 4 is 31.9 Å². The van der Waals surface area contributed by atoms with E-state index in [4.69, 9.17) is 0 Å². The number of halogens is 1. The lowest BCUT2D eigenvalue weighted by molar-refractivity contribution is 0.588. The van der Waals surface area contributed by atoms with Gasteiger partial charge in [-0.3, -0.25) is 4.98 Å². The van der Waals surface area contributed by atoms with Gasteiger partial charge >= 0.3 is 0 Å². The number of nitrogens with one attached hydrogen (secondary N) is 1. The van der Waals surface area contributed by atoms with E-state index in [9.17, 15) is 8.96 Å². The summed E-state index contributed by atoms with van der Waals surface area (Å²) >= 11 is 0. The van der Waals surface area contributed by atoms with Gasteiger partial charge in [-0.1, -0.05) is 25.6 Å². The summed E-state index contributed by atoms with van der Waals surface area (Å²) in [4.78, 5) is 4.03. The molecule has 6 heteroatoms. The summed E-state index contributed by atoms with van der Waals surface area (Å²) in [6.07, 6.45) is 3.15. The van der Waals surface area contributed by atoms with E-state index in [0.29, 0.717) is 22.2 Å². The van der Waals surface area contributed by atoms with E-state index in [1.807, 2.05) is 0 Å². The summed E-state index contributed by atoms with van der Waals surface area (Å²) in [5.41, 5.74) is 4.75. The number of hydrogen-bond donors (Lipinski definition) is 1. The van der Waals surface area contributed by atoms with Crippen LogP contribution >= 0.6 is 7.14 Å². The topological polar surface area (TPSA) is 42.0 Å². The predicted molar refractivity (Wildman–Crippen MR) is 103 cm³/mol. The van der Waals surface area contributed by atoms with E-state index in [2.05, 4.69) is 41.4 Å². The molecule has 0 aliphatic heterocycles. The molecule has 1 aromatic heterocycles. The van der Waals surface area contributed by atoms with Gasteiger partial charge in [0, 0.05) is 17.1 Å². The fourth-order valence-electron chi connectivity index (χ4n) is 2.05. The maximum atomic E-state index is 14.4. The van der Waals surface area contributed by atoms with E-state index >= 15 is 0 Å². The second-order valence-electron chi connectivity index (χ2n) is 7.06. The molecule has 0 aliphatic rings. The quantitative estimate of drug-likeness (QED) is 0.500. The van der Waals surface area contributed by atoms with Crippen molar-refractivity contribution in [1.29, 1.82) is 0 Å². The largest absolute Gasteiger partial charge is 0.351 e. The Hall–Kier alpha value is -1.89. The highest BCUT2D eigenvalue weighted by Gasteiger charge is 2.17. The number of rotatable bonds is 3. The highest BCUT2D eigenvalue weighted by atomic mass is 31.2. The molecule has 24 heavy (non-hydrogen) atoms. The van der Waals surface area contributed by atoms with Gasteiger partial charge in [-0.05, 0) is 37.6 Å². The molecule has 2 aromatic rings. The van der Waals surface area contributed by atoms with Gasteiger partial charge in [0.15, 0.2) is 0 Å². The molecule has 126 valence electrons. The first-order valence-electron chi connectivity index (χ1n) is 7.65. The molecule has 1 aromatic carbocycles. The fourth-order valence-corrected chi connectivity index (χ4v) is 3.69. The van der Waals surface area contributed by atoms with Crippen LogP contribution in [-0.4, -0.2) is 26.4 Å². The van der Waals surface area contributed by atoms with Crippen molar-refractivity contribution < 1.29 is 8.96 Å². The van der Waals surface area contributed by atoms with Crippen molar-refractivity contribution in [2.75, 3.05) is 18.6 Å². The molecule has 0 atom stereocenters. The minimum Gasteiger partial charge on any atom is -0.351 e. The average Bonchev–Trinajstić information content (AvgIpc) is 2.46. The molecule has 0 unspecified atom stereocenters.